The second kappa shape index (κ2) is 8.59. The number of hydrogen-bond donors (Lipinski definition) is 1. The van der Waals surface area contributed by atoms with E-state index < -0.39 is 5.97 Å². The number of carbonyl (C=O) groups excluding carboxylic acids is 1. The fourth-order valence-electron chi connectivity index (χ4n) is 1.69. The number of H-pyrrole nitrogens is 1. The highest BCUT2D eigenvalue weighted by Crippen LogP contribution is 2.17. The average Bonchev–Trinajstić information content (AvgIpc) is 2.52. The lowest BCUT2D eigenvalue weighted by Crippen LogP contribution is -2.14. The van der Waals surface area contributed by atoms with Crippen molar-refractivity contribution in [1.82, 2.24) is 9.97 Å². The van der Waals surface area contributed by atoms with Gasteiger partial charge in [-0.2, -0.15) is 0 Å². The smallest absolute Gasteiger partial charge is 0.311 e. The van der Waals surface area contributed by atoms with Gasteiger partial charge in [-0.25, -0.2) is 4.98 Å². The van der Waals surface area contributed by atoms with Gasteiger partial charge in [0.1, 0.15) is 5.75 Å². The number of aromatic amines is 1. The van der Waals surface area contributed by atoms with Gasteiger partial charge in [0.05, 0.1) is 25.8 Å². The quantitative estimate of drug-likeness (QED) is 0.355. The van der Waals surface area contributed by atoms with Crippen LogP contribution in [0.2, 0.25) is 5.02 Å². The number of thioether (sulfide) groups is 1. The number of nitrogens with zero attached hydrogens (tertiary/aromatic N) is 1. The zero-order valence-electron chi connectivity index (χ0n) is 12.4. The number of esters is 1. The number of halogens is 1. The van der Waals surface area contributed by atoms with Crippen LogP contribution in [0.5, 0.6) is 5.75 Å². The molecule has 1 heterocycles. The largest absolute Gasteiger partial charge is 0.493 e. The predicted octanol–water partition coefficient (Wildman–Crippen LogP) is 2.31. The third-order valence-corrected chi connectivity index (χ3v) is 3.82. The first kappa shape index (κ1) is 17.4. The zero-order chi connectivity index (χ0) is 16.7. The molecule has 0 spiro atoms. The maximum atomic E-state index is 11.6. The molecule has 0 unspecified atom stereocenters. The lowest BCUT2D eigenvalue weighted by molar-refractivity contribution is -0.139. The Bertz CT molecular complexity index is 718. The number of aromatic nitrogens is 2. The summed E-state index contributed by atoms with van der Waals surface area (Å²) < 4.78 is 10.1. The van der Waals surface area contributed by atoms with E-state index >= 15 is 0 Å². The molecule has 0 aliphatic rings. The number of rotatable bonds is 7. The lowest BCUT2D eigenvalue weighted by atomic mass is 10.3. The fourth-order valence-corrected chi connectivity index (χ4v) is 2.53. The summed E-state index contributed by atoms with van der Waals surface area (Å²) in [5, 5.41) is 1.09. The van der Waals surface area contributed by atoms with Gasteiger partial charge in [0.2, 0.25) is 0 Å². The topological polar surface area (TPSA) is 81.3 Å². The van der Waals surface area contributed by atoms with Crippen molar-refractivity contribution in [1.29, 1.82) is 0 Å². The third kappa shape index (κ3) is 5.96. The minimum absolute atomic E-state index is 0.0325. The lowest BCUT2D eigenvalue weighted by Gasteiger charge is -2.06. The van der Waals surface area contributed by atoms with Gasteiger partial charge in [-0.3, -0.25) is 9.59 Å². The van der Waals surface area contributed by atoms with Crippen LogP contribution in [-0.4, -0.2) is 35.4 Å². The molecule has 122 valence electrons. The highest BCUT2D eigenvalue weighted by Gasteiger charge is 2.07. The van der Waals surface area contributed by atoms with E-state index in [0.29, 0.717) is 28.2 Å². The SMILES string of the molecule is COC(=O)Cc1cc(=O)[nH]c(SCCOc2ccc(Cl)cc2)n1. The van der Waals surface area contributed by atoms with E-state index in [0.717, 1.165) is 5.75 Å². The summed E-state index contributed by atoms with van der Waals surface area (Å²) in [7, 11) is 1.29. The monoisotopic (exact) mass is 354 g/mol. The van der Waals surface area contributed by atoms with Gasteiger partial charge < -0.3 is 14.5 Å². The van der Waals surface area contributed by atoms with E-state index in [4.69, 9.17) is 16.3 Å². The number of benzene rings is 1. The molecule has 1 aromatic heterocycles. The molecule has 6 nitrogen and oxygen atoms in total. The molecule has 0 radical (unpaired) electrons. The van der Waals surface area contributed by atoms with Crippen molar-refractivity contribution < 1.29 is 14.3 Å². The summed E-state index contributed by atoms with van der Waals surface area (Å²) in [6.45, 7) is 0.442. The van der Waals surface area contributed by atoms with E-state index in [9.17, 15) is 9.59 Å². The van der Waals surface area contributed by atoms with Crippen molar-refractivity contribution in [2.45, 2.75) is 11.6 Å². The number of carbonyl (C=O) groups is 1. The van der Waals surface area contributed by atoms with Crippen molar-refractivity contribution in [2.75, 3.05) is 19.5 Å². The van der Waals surface area contributed by atoms with E-state index in [1.54, 1.807) is 24.3 Å². The molecule has 0 fully saturated rings. The van der Waals surface area contributed by atoms with Crippen molar-refractivity contribution in [2.24, 2.45) is 0 Å². The molecular weight excluding hydrogens is 340 g/mol. The van der Waals surface area contributed by atoms with Gasteiger partial charge in [-0.15, -0.1) is 0 Å². The summed E-state index contributed by atoms with van der Waals surface area (Å²) >= 11 is 7.13. The van der Waals surface area contributed by atoms with Crippen molar-refractivity contribution in [3.63, 3.8) is 0 Å². The van der Waals surface area contributed by atoms with Crippen LogP contribution in [0, 0.1) is 0 Å². The summed E-state index contributed by atoms with van der Waals surface area (Å²) in [6.07, 6.45) is -0.0325. The van der Waals surface area contributed by atoms with Crippen LogP contribution in [0.4, 0.5) is 0 Å². The molecule has 0 saturated heterocycles. The van der Waals surface area contributed by atoms with E-state index in [1.165, 1.54) is 24.9 Å². The molecule has 2 rings (SSSR count). The Balaban J connectivity index is 1.86. The average molecular weight is 355 g/mol. The van der Waals surface area contributed by atoms with E-state index in [-0.39, 0.29) is 12.0 Å². The van der Waals surface area contributed by atoms with Gasteiger partial charge >= 0.3 is 5.97 Å². The molecule has 23 heavy (non-hydrogen) atoms. The van der Waals surface area contributed by atoms with E-state index in [1.807, 2.05) is 0 Å². The summed E-state index contributed by atoms with van der Waals surface area (Å²) in [4.78, 5) is 29.6. The zero-order valence-corrected chi connectivity index (χ0v) is 13.9. The molecular formula is C15H15ClN2O4S. The Morgan fingerprint density at radius 3 is 2.78 bits per heavy atom. The molecule has 1 aromatic carbocycles. The first-order chi connectivity index (χ1) is 11.1. The highest BCUT2D eigenvalue weighted by atomic mass is 35.5. The molecule has 1 N–H and O–H groups in total. The number of nitrogens with one attached hydrogen (secondary N) is 1. The van der Waals surface area contributed by atoms with Crippen LogP contribution in [0.15, 0.2) is 40.3 Å². The van der Waals surface area contributed by atoms with Gasteiger partial charge in [0.25, 0.3) is 5.56 Å². The predicted molar refractivity (Wildman–Crippen MR) is 88.2 cm³/mol. The van der Waals surface area contributed by atoms with Crippen molar-refractivity contribution in [3.05, 3.63) is 51.4 Å². The Morgan fingerprint density at radius 1 is 1.35 bits per heavy atom. The van der Waals surface area contributed by atoms with Crippen LogP contribution in [0.3, 0.4) is 0 Å². The standard InChI is InChI=1S/C15H15ClN2O4S/c1-21-14(20)9-11-8-13(19)18-15(17-11)23-7-6-22-12-4-2-10(16)3-5-12/h2-5,8H,6-7,9H2,1H3,(H,17,18,19). The van der Waals surface area contributed by atoms with Crippen LogP contribution >= 0.6 is 23.4 Å². The maximum absolute atomic E-state index is 11.6. The summed E-state index contributed by atoms with van der Waals surface area (Å²) in [5.74, 6) is 0.869. The molecule has 2 aromatic rings. The van der Waals surface area contributed by atoms with Crippen LogP contribution in [0.1, 0.15) is 5.69 Å². The molecule has 0 bridgehead atoms. The second-order valence-electron chi connectivity index (χ2n) is 4.45. The Kier molecular flexibility index (Phi) is 6.49. The Labute approximate surface area is 142 Å². The summed E-state index contributed by atoms with van der Waals surface area (Å²) in [5.41, 5.74) is 0.0711. The highest BCUT2D eigenvalue weighted by molar-refractivity contribution is 7.99. The first-order valence-corrected chi connectivity index (χ1v) is 8.11. The number of ether oxygens (including phenoxy) is 2. The number of methoxy groups -OCH3 is 1. The molecule has 8 heteroatoms. The summed E-state index contributed by atoms with van der Waals surface area (Å²) in [6, 6.07) is 8.35. The van der Waals surface area contributed by atoms with Gasteiger partial charge in [-0.1, -0.05) is 23.4 Å². The van der Waals surface area contributed by atoms with Crippen molar-refractivity contribution >= 4 is 29.3 Å². The van der Waals surface area contributed by atoms with E-state index in [2.05, 4.69) is 14.7 Å². The minimum Gasteiger partial charge on any atom is -0.493 e. The van der Waals surface area contributed by atoms with Gasteiger partial charge in [-0.05, 0) is 24.3 Å². The maximum Gasteiger partial charge on any atom is 0.311 e. The molecule has 0 aliphatic carbocycles. The Hall–Kier alpha value is -1.99. The normalized spacial score (nSPS) is 10.3. The third-order valence-electron chi connectivity index (χ3n) is 2.73. The van der Waals surface area contributed by atoms with Crippen LogP contribution in [0.25, 0.3) is 0 Å². The minimum atomic E-state index is -0.440. The fraction of sp³-hybridized carbons (Fsp3) is 0.267. The molecule has 0 aliphatic heterocycles. The first-order valence-electron chi connectivity index (χ1n) is 6.75. The molecule has 0 atom stereocenters. The van der Waals surface area contributed by atoms with Gasteiger partial charge in [0, 0.05) is 16.8 Å². The van der Waals surface area contributed by atoms with Gasteiger partial charge in [0.15, 0.2) is 5.16 Å². The second-order valence-corrected chi connectivity index (χ2v) is 5.97. The molecule has 0 saturated carbocycles. The van der Waals surface area contributed by atoms with Crippen LogP contribution in [-0.2, 0) is 16.0 Å². The van der Waals surface area contributed by atoms with Crippen molar-refractivity contribution in [3.8, 4) is 5.75 Å². The molecule has 0 amide bonds. The number of hydrogen-bond acceptors (Lipinski definition) is 6. The Morgan fingerprint density at radius 2 is 2.09 bits per heavy atom. The van der Waals surface area contributed by atoms with Crippen LogP contribution < -0.4 is 10.3 Å².